The van der Waals surface area contributed by atoms with Gasteiger partial charge in [-0.05, 0) is 5.56 Å². The Balaban J connectivity index is 2.17. The van der Waals surface area contributed by atoms with Gasteiger partial charge in [0, 0.05) is 13.1 Å². The van der Waals surface area contributed by atoms with Gasteiger partial charge in [-0.15, -0.1) is 0 Å². The molecule has 1 atom stereocenters. The second-order valence-electron chi connectivity index (χ2n) is 4.95. The summed E-state index contributed by atoms with van der Waals surface area (Å²) in [6.07, 6.45) is 0. The van der Waals surface area contributed by atoms with E-state index in [2.05, 4.69) is 10.6 Å². The van der Waals surface area contributed by atoms with Crippen LogP contribution in [0.5, 0.6) is 0 Å². The third-order valence-electron chi connectivity index (χ3n) is 3.70. The largest absolute Gasteiger partial charge is 0.466 e. The van der Waals surface area contributed by atoms with E-state index in [9.17, 15) is 14.4 Å². The molecule has 2 aliphatic heterocycles. The molecule has 0 bridgehead atoms. The Morgan fingerprint density at radius 2 is 2.00 bits per heavy atom. The third kappa shape index (κ3) is 2.20. The van der Waals surface area contributed by atoms with Crippen molar-refractivity contribution in [3.63, 3.8) is 0 Å². The monoisotopic (exact) mass is 301 g/mol. The van der Waals surface area contributed by atoms with E-state index in [1.54, 1.807) is 24.3 Å². The fourth-order valence-corrected chi connectivity index (χ4v) is 2.70. The number of benzene rings is 1. The van der Waals surface area contributed by atoms with Crippen LogP contribution in [-0.2, 0) is 14.3 Å². The molecule has 7 heteroatoms. The van der Waals surface area contributed by atoms with Gasteiger partial charge in [-0.3, -0.25) is 9.69 Å². The number of fused-ring (bicyclic) bond motifs is 1. The van der Waals surface area contributed by atoms with Gasteiger partial charge in [0.15, 0.2) is 0 Å². The van der Waals surface area contributed by atoms with E-state index in [0.717, 1.165) is 0 Å². The van der Waals surface area contributed by atoms with Crippen LogP contribution in [0.2, 0.25) is 0 Å². The lowest BCUT2D eigenvalue weighted by molar-refractivity contribution is -0.137. The second kappa shape index (κ2) is 5.51. The third-order valence-corrected chi connectivity index (χ3v) is 3.70. The molecule has 2 N–H and O–H groups in total. The zero-order chi connectivity index (χ0) is 15.7. The maximum Gasteiger partial charge on any atom is 0.338 e. The van der Waals surface area contributed by atoms with Crippen molar-refractivity contribution in [1.29, 1.82) is 0 Å². The standard InChI is InChI=1S/C15H15N3O4/c1-22-14(20)10-11(9-5-3-2-4-6-9)17-15(21)18-8-7-16-13(19)12(10)18/h2-6,11H,7-8H2,1H3,(H,16,19)(H,17,21)/t11-/m1/s1. The molecule has 114 valence electrons. The van der Waals surface area contributed by atoms with Gasteiger partial charge in [0.05, 0.1) is 18.7 Å². The normalized spacial score (nSPS) is 21.0. The summed E-state index contributed by atoms with van der Waals surface area (Å²) in [4.78, 5) is 37.9. The number of amides is 3. The molecule has 0 radical (unpaired) electrons. The molecule has 7 nitrogen and oxygen atoms in total. The topological polar surface area (TPSA) is 87.7 Å². The molecule has 0 aliphatic carbocycles. The van der Waals surface area contributed by atoms with Gasteiger partial charge in [-0.2, -0.15) is 0 Å². The van der Waals surface area contributed by atoms with Crippen molar-refractivity contribution in [2.45, 2.75) is 6.04 Å². The van der Waals surface area contributed by atoms with Crippen molar-refractivity contribution in [3.05, 3.63) is 47.2 Å². The lowest BCUT2D eigenvalue weighted by Crippen LogP contribution is -2.57. The van der Waals surface area contributed by atoms with Crippen LogP contribution >= 0.6 is 0 Å². The van der Waals surface area contributed by atoms with Gasteiger partial charge < -0.3 is 15.4 Å². The smallest absolute Gasteiger partial charge is 0.338 e. The number of hydrogen-bond acceptors (Lipinski definition) is 4. The summed E-state index contributed by atoms with van der Waals surface area (Å²) < 4.78 is 4.82. The molecule has 1 saturated heterocycles. The van der Waals surface area contributed by atoms with Gasteiger partial charge in [-0.1, -0.05) is 30.3 Å². The lowest BCUT2D eigenvalue weighted by Gasteiger charge is -2.38. The van der Waals surface area contributed by atoms with E-state index in [1.807, 2.05) is 6.07 Å². The van der Waals surface area contributed by atoms with Crippen LogP contribution in [0.3, 0.4) is 0 Å². The number of nitrogens with one attached hydrogen (secondary N) is 2. The van der Waals surface area contributed by atoms with Crippen LogP contribution in [0, 0.1) is 0 Å². The highest BCUT2D eigenvalue weighted by atomic mass is 16.5. The molecule has 2 aliphatic rings. The summed E-state index contributed by atoms with van der Waals surface area (Å²) in [5.74, 6) is -1.08. The Bertz CT molecular complexity index is 669. The number of urea groups is 1. The molecule has 1 aromatic carbocycles. The highest BCUT2D eigenvalue weighted by molar-refractivity contribution is 6.08. The Morgan fingerprint density at radius 1 is 1.27 bits per heavy atom. The minimum absolute atomic E-state index is 0.0655. The van der Waals surface area contributed by atoms with Crippen LogP contribution < -0.4 is 10.6 Å². The highest BCUT2D eigenvalue weighted by Gasteiger charge is 2.42. The van der Waals surface area contributed by atoms with Gasteiger partial charge in [0.2, 0.25) is 0 Å². The van der Waals surface area contributed by atoms with E-state index >= 15 is 0 Å². The number of methoxy groups -OCH3 is 1. The first-order valence-electron chi connectivity index (χ1n) is 6.87. The zero-order valence-electron chi connectivity index (χ0n) is 12.0. The molecule has 0 spiro atoms. The predicted octanol–water partition coefficient (Wildman–Crippen LogP) is 0.310. The number of carbonyl (C=O) groups excluding carboxylic acids is 3. The molecular formula is C15H15N3O4. The minimum atomic E-state index is -0.712. The molecule has 0 unspecified atom stereocenters. The Hall–Kier alpha value is -2.83. The first-order chi connectivity index (χ1) is 10.6. The number of nitrogens with zero attached hydrogens (tertiary/aromatic N) is 1. The second-order valence-corrected chi connectivity index (χ2v) is 4.95. The molecule has 22 heavy (non-hydrogen) atoms. The molecule has 0 aromatic heterocycles. The Labute approximate surface area is 126 Å². The van der Waals surface area contributed by atoms with E-state index in [1.165, 1.54) is 12.0 Å². The number of carbonyl (C=O) groups is 3. The summed E-state index contributed by atoms with van der Waals surface area (Å²) in [5.41, 5.74) is 0.919. The maximum absolute atomic E-state index is 12.3. The minimum Gasteiger partial charge on any atom is -0.466 e. The number of piperazine rings is 1. The van der Waals surface area contributed by atoms with E-state index in [0.29, 0.717) is 18.7 Å². The number of ether oxygens (including phenoxy) is 1. The van der Waals surface area contributed by atoms with Crippen molar-refractivity contribution in [2.75, 3.05) is 20.2 Å². The van der Waals surface area contributed by atoms with Gasteiger partial charge in [0.25, 0.3) is 5.91 Å². The van der Waals surface area contributed by atoms with E-state index in [-0.39, 0.29) is 11.3 Å². The summed E-state index contributed by atoms with van der Waals surface area (Å²) in [6, 6.07) is 7.89. The highest BCUT2D eigenvalue weighted by Crippen LogP contribution is 2.32. The van der Waals surface area contributed by atoms with Crippen molar-refractivity contribution >= 4 is 17.9 Å². The van der Waals surface area contributed by atoms with E-state index in [4.69, 9.17) is 4.74 Å². The Morgan fingerprint density at radius 3 is 2.68 bits per heavy atom. The van der Waals surface area contributed by atoms with E-state index < -0.39 is 23.9 Å². The summed E-state index contributed by atoms with van der Waals surface area (Å²) in [5, 5.41) is 5.42. The SMILES string of the molecule is COC(=O)C1=C2C(=O)NCCN2C(=O)N[C@@H]1c1ccccc1. The summed E-state index contributed by atoms with van der Waals surface area (Å²) in [7, 11) is 1.25. The van der Waals surface area contributed by atoms with Crippen LogP contribution in [0.15, 0.2) is 41.6 Å². The number of rotatable bonds is 2. The van der Waals surface area contributed by atoms with Gasteiger partial charge >= 0.3 is 12.0 Å². The molecule has 3 rings (SSSR count). The van der Waals surface area contributed by atoms with Crippen LogP contribution in [-0.4, -0.2) is 43.0 Å². The number of hydrogen-bond donors (Lipinski definition) is 2. The average molecular weight is 301 g/mol. The predicted molar refractivity (Wildman–Crippen MR) is 76.5 cm³/mol. The van der Waals surface area contributed by atoms with Crippen molar-refractivity contribution in [3.8, 4) is 0 Å². The molecule has 2 heterocycles. The molecule has 3 amide bonds. The van der Waals surface area contributed by atoms with Gasteiger partial charge in [-0.25, -0.2) is 9.59 Å². The first kappa shape index (κ1) is 14.1. The average Bonchev–Trinajstić information content (AvgIpc) is 2.55. The molecular weight excluding hydrogens is 286 g/mol. The zero-order valence-corrected chi connectivity index (χ0v) is 12.0. The number of esters is 1. The molecule has 1 fully saturated rings. The molecule has 1 aromatic rings. The van der Waals surface area contributed by atoms with Gasteiger partial charge in [0.1, 0.15) is 5.70 Å². The van der Waals surface area contributed by atoms with Crippen LogP contribution in [0.4, 0.5) is 4.79 Å². The van der Waals surface area contributed by atoms with Crippen molar-refractivity contribution < 1.29 is 19.1 Å². The lowest BCUT2D eigenvalue weighted by atomic mass is 9.93. The van der Waals surface area contributed by atoms with Crippen LogP contribution in [0.1, 0.15) is 11.6 Å². The van der Waals surface area contributed by atoms with Crippen LogP contribution in [0.25, 0.3) is 0 Å². The Kier molecular flexibility index (Phi) is 3.54. The summed E-state index contributed by atoms with van der Waals surface area (Å²) in [6.45, 7) is 0.662. The summed E-state index contributed by atoms with van der Waals surface area (Å²) >= 11 is 0. The van der Waals surface area contributed by atoms with Crippen molar-refractivity contribution in [1.82, 2.24) is 15.5 Å². The maximum atomic E-state index is 12.3. The van der Waals surface area contributed by atoms with Crippen molar-refractivity contribution in [2.24, 2.45) is 0 Å². The fraction of sp³-hybridized carbons (Fsp3) is 0.267. The first-order valence-corrected chi connectivity index (χ1v) is 6.87. The molecule has 0 saturated carbocycles. The quantitative estimate of drug-likeness (QED) is 0.770. The fourth-order valence-electron chi connectivity index (χ4n) is 2.70.